The Labute approximate surface area is 142 Å². The first kappa shape index (κ1) is 17.2. The molecule has 24 heavy (non-hydrogen) atoms. The number of ether oxygens (including phenoxy) is 1. The number of hydrogen-bond acceptors (Lipinski definition) is 5. The molecule has 2 aromatic rings. The normalized spacial score (nSPS) is 19.1. The molecule has 2 heterocycles. The van der Waals surface area contributed by atoms with E-state index in [-0.39, 0.29) is 6.10 Å². The maximum Gasteiger partial charge on any atom is 0.416 e. The number of nitrogens with zero attached hydrogens (tertiary/aromatic N) is 3. The Morgan fingerprint density at radius 3 is 2.50 bits per heavy atom. The van der Waals surface area contributed by atoms with Gasteiger partial charge in [0.2, 0.25) is 5.13 Å². The van der Waals surface area contributed by atoms with Crippen molar-refractivity contribution < 1.29 is 17.9 Å². The van der Waals surface area contributed by atoms with E-state index in [1.807, 2.05) is 0 Å². The third kappa shape index (κ3) is 3.70. The molecule has 0 N–H and O–H groups in total. The summed E-state index contributed by atoms with van der Waals surface area (Å²) < 4.78 is 43.7. The first-order valence-electron chi connectivity index (χ1n) is 7.71. The van der Waals surface area contributed by atoms with E-state index in [1.54, 1.807) is 11.3 Å². The standard InChI is InChI=1S/C16H18F3N3OS/c1-10(2)14-20-21-15(24-14)22-7-8-23-13(9-22)11-3-5-12(6-4-11)16(17,18)19/h3-6,10,13H,7-9H2,1-2H3. The topological polar surface area (TPSA) is 38.2 Å². The fourth-order valence-corrected chi connectivity index (χ4v) is 3.38. The van der Waals surface area contributed by atoms with Gasteiger partial charge in [-0.05, 0) is 17.7 Å². The van der Waals surface area contributed by atoms with Crippen molar-refractivity contribution in [1.29, 1.82) is 0 Å². The Bertz CT molecular complexity index is 685. The molecule has 1 fully saturated rings. The monoisotopic (exact) mass is 357 g/mol. The second kappa shape index (κ2) is 6.68. The van der Waals surface area contributed by atoms with E-state index in [0.29, 0.717) is 25.6 Å². The van der Waals surface area contributed by atoms with Gasteiger partial charge in [-0.25, -0.2) is 0 Å². The summed E-state index contributed by atoms with van der Waals surface area (Å²) in [4.78, 5) is 2.08. The molecule has 130 valence electrons. The molecule has 1 saturated heterocycles. The molecule has 0 radical (unpaired) electrons. The molecule has 1 aromatic carbocycles. The van der Waals surface area contributed by atoms with Crippen molar-refractivity contribution in [2.45, 2.75) is 32.0 Å². The largest absolute Gasteiger partial charge is 0.416 e. The maximum atomic E-state index is 12.7. The summed E-state index contributed by atoms with van der Waals surface area (Å²) >= 11 is 1.55. The van der Waals surface area contributed by atoms with E-state index in [1.165, 1.54) is 12.1 Å². The summed E-state index contributed by atoms with van der Waals surface area (Å²) in [6.45, 7) is 5.88. The molecule has 0 amide bonds. The number of rotatable bonds is 3. The molecule has 4 nitrogen and oxygen atoms in total. The zero-order valence-corrected chi connectivity index (χ0v) is 14.2. The average Bonchev–Trinajstić information content (AvgIpc) is 3.05. The van der Waals surface area contributed by atoms with Crippen LogP contribution in [0.1, 0.15) is 42.0 Å². The van der Waals surface area contributed by atoms with Gasteiger partial charge < -0.3 is 9.64 Å². The Balaban J connectivity index is 1.73. The van der Waals surface area contributed by atoms with Gasteiger partial charge in [0.25, 0.3) is 0 Å². The van der Waals surface area contributed by atoms with Gasteiger partial charge >= 0.3 is 6.18 Å². The van der Waals surface area contributed by atoms with Crippen molar-refractivity contribution in [3.05, 3.63) is 40.4 Å². The molecule has 0 spiro atoms. The second-order valence-corrected chi connectivity index (χ2v) is 6.99. The van der Waals surface area contributed by atoms with Crippen LogP contribution in [0.3, 0.4) is 0 Å². The van der Waals surface area contributed by atoms with E-state index in [2.05, 4.69) is 28.9 Å². The Morgan fingerprint density at radius 2 is 1.92 bits per heavy atom. The number of aromatic nitrogens is 2. The van der Waals surface area contributed by atoms with Crippen LogP contribution >= 0.6 is 11.3 Å². The summed E-state index contributed by atoms with van der Waals surface area (Å²) in [6, 6.07) is 5.16. The quantitative estimate of drug-likeness (QED) is 0.823. The summed E-state index contributed by atoms with van der Waals surface area (Å²) in [5.74, 6) is 0.322. The first-order valence-corrected chi connectivity index (χ1v) is 8.53. The zero-order chi connectivity index (χ0) is 17.3. The molecule has 8 heteroatoms. The molecule has 3 rings (SSSR count). The Kier molecular flexibility index (Phi) is 4.78. The predicted molar refractivity (Wildman–Crippen MR) is 86.3 cm³/mol. The van der Waals surface area contributed by atoms with Crippen LogP contribution in [-0.4, -0.2) is 29.9 Å². The second-order valence-electron chi connectivity index (χ2n) is 6.00. The summed E-state index contributed by atoms with van der Waals surface area (Å²) in [7, 11) is 0. The van der Waals surface area contributed by atoms with Crippen molar-refractivity contribution in [2.75, 3.05) is 24.6 Å². The molecule has 0 aliphatic carbocycles. The summed E-state index contributed by atoms with van der Waals surface area (Å²) in [5.41, 5.74) is 0.0888. The number of halogens is 3. The fourth-order valence-electron chi connectivity index (χ4n) is 2.50. The molecular weight excluding hydrogens is 339 g/mol. The highest BCUT2D eigenvalue weighted by Crippen LogP contribution is 2.33. The van der Waals surface area contributed by atoms with Crippen LogP contribution in [0.15, 0.2) is 24.3 Å². The van der Waals surface area contributed by atoms with E-state index in [0.717, 1.165) is 27.8 Å². The maximum absolute atomic E-state index is 12.7. The smallest absolute Gasteiger partial charge is 0.370 e. The van der Waals surface area contributed by atoms with E-state index in [4.69, 9.17) is 4.74 Å². The minimum Gasteiger partial charge on any atom is -0.370 e. The van der Waals surface area contributed by atoms with Gasteiger partial charge in [-0.2, -0.15) is 13.2 Å². The van der Waals surface area contributed by atoms with Crippen LogP contribution < -0.4 is 4.90 Å². The Hall–Kier alpha value is -1.67. The van der Waals surface area contributed by atoms with Gasteiger partial charge in [0.15, 0.2) is 0 Å². The van der Waals surface area contributed by atoms with Gasteiger partial charge in [0, 0.05) is 12.5 Å². The predicted octanol–water partition coefficient (Wildman–Crippen LogP) is 4.26. The molecule has 1 atom stereocenters. The molecule has 1 unspecified atom stereocenters. The van der Waals surface area contributed by atoms with Crippen LogP contribution in [0.2, 0.25) is 0 Å². The first-order chi connectivity index (χ1) is 11.3. The third-order valence-electron chi connectivity index (χ3n) is 3.87. The fraction of sp³-hybridized carbons (Fsp3) is 0.500. The lowest BCUT2D eigenvalue weighted by atomic mass is 10.1. The van der Waals surface area contributed by atoms with E-state index >= 15 is 0 Å². The van der Waals surface area contributed by atoms with E-state index in [9.17, 15) is 13.2 Å². The lowest BCUT2D eigenvalue weighted by Crippen LogP contribution is -2.38. The van der Waals surface area contributed by atoms with Gasteiger partial charge in [0.05, 0.1) is 18.7 Å². The highest BCUT2D eigenvalue weighted by atomic mass is 32.1. The summed E-state index contributed by atoms with van der Waals surface area (Å²) in [5, 5.41) is 10.2. The van der Waals surface area contributed by atoms with Crippen LogP contribution in [0, 0.1) is 0 Å². The lowest BCUT2D eigenvalue weighted by Gasteiger charge is -2.32. The molecular formula is C16H18F3N3OS. The number of hydrogen-bond donors (Lipinski definition) is 0. The SMILES string of the molecule is CC(C)c1nnc(N2CCOC(c3ccc(C(F)(F)F)cc3)C2)s1. The van der Waals surface area contributed by atoms with Gasteiger partial charge in [-0.15, -0.1) is 10.2 Å². The number of morpholine rings is 1. The van der Waals surface area contributed by atoms with Crippen molar-refractivity contribution >= 4 is 16.5 Å². The van der Waals surface area contributed by atoms with Crippen LogP contribution in [-0.2, 0) is 10.9 Å². The van der Waals surface area contributed by atoms with Gasteiger partial charge in [-0.1, -0.05) is 37.3 Å². The molecule has 1 aliphatic rings. The molecule has 1 aromatic heterocycles. The van der Waals surface area contributed by atoms with Crippen molar-refractivity contribution in [3.63, 3.8) is 0 Å². The van der Waals surface area contributed by atoms with Crippen LogP contribution in [0.5, 0.6) is 0 Å². The molecule has 1 aliphatic heterocycles. The van der Waals surface area contributed by atoms with Gasteiger partial charge in [-0.3, -0.25) is 0 Å². The average molecular weight is 357 g/mol. The van der Waals surface area contributed by atoms with Crippen molar-refractivity contribution in [3.8, 4) is 0 Å². The molecule has 0 bridgehead atoms. The van der Waals surface area contributed by atoms with Crippen molar-refractivity contribution in [2.24, 2.45) is 0 Å². The summed E-state index contributed by atoms with van der Waals surface area (Å²) in [6.07, 6.45) is -4.59. The molecule has 0 saturated carbocycles. The van der Waals surface area contributed by atoms with E-state index < -0.39 is 11.7 Å². The highest BCUT2D eigenvalue weighted by molar-refractivity contribution is 7.15. The number of benzene rings is 1. The number of alkyl halides is 3. The minimum absolute atomic E-state index is 0.271. The van der Waals surface area contributed by atoms with Crippen molar-refractivity contribution in [1.82, 2.24) is 10.2 Å². The minimum atomic E-state index is -4.32. The number of anilines is 1. The van der Waals surface area contributed by atoms with Gasteiger partial charge in [0.1, 0.15) is 11.1 Å². The van der Waals surface area contributed by atoms with Crippen LogP contribution in [0.4, 0.5) is 18.3 Å². The highest BCUT2D eigenvalue weighted by Gasteiger charge is 2.31. The zero-order valence-electron chi connectivity index (χ0n) is 13.4. The lowest BCUT2D eigenvalue weighted by molar-refractivity contribution is -0.137. The van der Waals surface area contributed by atoms with Crippen LogP contribution in [0.25, 0.3) is 0 Å². The third-order valence-corrected chi connectivity index (χ3v) is 5.16. The Morgan fingerprint density at radius 1 is 1.21 bits per heavy atom.